The van der Waals surface area contributed by atoms with Gasteiger partial charge in [0, 0.05) is 26.2 Å². The zero-order valence-electron chi connectivity index (χ0n) is 13.3. The SMILES string of the molecule is C[C@@H]1COC[C@H](C)N1CC(=O)c1c(N)n(C)c(=O)n(C)c1=O. The lowest BCUT2D eigenvalue weighted by atomic mass is 10.1. The van der Waals surface area contributed by atoms with Crippen LogP contribution in [0.3, 0.4) is 0 Å². The summed E-state index contributed by atoms with van der Waals surface area (Å²) in [6.07, 6.45) is 0. The Kier molecular flexibility index (Phi) is 4.52. The molecule has 0 saturated carbocycles. The van der Waals surface area contributed by atoms with E-state index in [0.717, 1.165) is 9.13 Å². The van der Waals surface area contributed by atoms with E-state index in [1.54, 1.807) is 0 Å². The summed E-state index contributed by atoms with van der Waals surface area (Å²) in [4.78, 5) is 38.6. The van der Waals surface area contributed by atoms with Gasteiger partial charge < -0.3 is 10.5 Å². The van der Waals surface area contributed by atoms with Crippen LogP contribution in [0.5, 0.6) is 0 Å². The summed E-state index contributed by atoms with van der Waals surface area (Å²) in [6, 6.07) is 0.149. The maximum atomic E-state index is 12.6. The monoisotopic (exact) mass is 310 g/mol. The molecule has 1 aromatic heterocycles. The van der Waals surface area contributed by atoms with Crippen LogP contribution < -0.4 is 17.0 Å². The van der Waals surface area contributed by atoms with E-state index >= 15 is 0 Å². The lowest BCUT2D eigenvalue weighted by Gasteiger charge is -2.38. The molecular weight excluding hydrogens is 288 g/mol. The summed E-state index contributed by atoms with van der Waals surface area (Å²) >= 11 is 0. The Labute approximate surface area is 128 Å². The normalized spacial score (nSPS) is 22.7. The number of anilines is 1. The van der Waals surface area contributed by atoms with Gasteiger partial charge in [0.2, 0.25) is 0 Å². The van der Waals surface area contributed by atoms with Gasteiger partial charge in [-0.2, -0.15) is 0 Å². The van der Waals surface area contributed by atoms with Crippen molar-refractivity contribution in [1.82, 2.24) is 14.0 Å². The number of hydrogen-bond donors (Lipinski definition) is 1. The van der Waals surface area contributed by atoms with Crippen LogP contribution in [0.25, 0.3) is 0 Å². The third kappa shape index (κ3) is 2.71. The smallest absolute Gasteiger partial charge is 0.332 e. The van der Waals surface area contributed by atoms with E-state index in [-0.39, 0.29) is 35.8 Å². The number of carbonyl (C=O) groups is 1. The molecule has 2 heterocycles. The van der Waals surface area contributed by atoms with Gasteiger partial charge in [-0.25, -0.2) is 4.79 Å². The lowest BCUT2D eigenvalue weighted by Crippen LogP contribution is -2.52. The zero-order chi connectivity index (χ0) is 16.6. The molecule has 2 atom stereocenters. The number of hydrogen-bond acceptors (Lipinski definition) is 6. The maximum absolute atomic E-state index is 12.6. The third-order valence-electron chi connectivity index (χ3n) is 4.17. The van der Waals surface area contributed by atoms with Gasteiger partial charge in [-0.3, -0.25) is 23.6 Å². The molecule has 0 unspecified atom stereocenters. The zero-order valence-corrected chi connectivity index (χ0v) is 13.3. The van der Waals surface area contributed by atoms with Crippen LogP contribution in [0.15, 0.2) is 9.59 Å². The average Bonchev–Trinajstić information content (AvgIpc) is 2.47. The molecule has 1 fully saturated rings. The lowest BCUT2D eigenvalue weighted by molar-refractivity contribution is -0.0327. The summed E-state index contributed by atoms with van der Waals surface area (Å²) in [5.41, 5.74) is 4.48. The Morgan fingerprint density at radius 2 is 1.73 bits per heavy atom. The van der Waals surface area contributed by atoms with Gasteiger partial charge in [0.1, 0.15) is 11.4 Å². The highest BCUT2D eigenvalue weighted by Crippen LogP contribution is 2.14. The van der Waals surface area contributed by atoms with E-state index in [9.17, 15) is 14.4 Å². The van der Waals surface area contributed by atoms with Crippen molar-refractivity contribution in [3.05, 3.63) is 26.4 Å². The second-order valence-electron chi connectivity index (χ2n) is 5.80. The van der Waals surface area contributed by atoms with Crippen LogP contribution in [-0.2, 0) is 18.8 Å². The molecule has 0 aromatic carbocycles. The average molecular weight is 310 g/mol. The van der Waals surface area contributed by atoms with Crippen LogP contribution in [0, 0.1) is 0 Å². The third-order valence-corrected chi connectivity index (χ3v) is 4.17. The largest absolute Gasteiger partial charge is 0.384 e. The number of carbonyl (C=O) groups excluding carboxylic acids is 1. The first-order chi connectivity index (χ1) is 10.3. The molecule has 8 heteroatoms. The molecule has 0 bridgehead atoms. The molecule has 1 aliphatic heterocycles. The van der Waals surface area contributed by atoms with Gasteiger partial charge in [-0.05, 0) is 13.8 Å². The van der Waals surface area contributed by atoms with Crippen molar-refractivity contribution in [2.45, 2.75) is 25.9 Å². The Balaban J connectivity index is 2.39. The second-order valence-corrected chi connectivity index (χ2v) is 5.80. The number of aromatic nitrogens is 2. The highest BCUT2D eigenvalue weighted by atomic mass is 16.5. The molecule has 0 amide bonds. The molecule has 0 radical (unpaired) electrons. The molecule has 8 nitrogen and oxygen atoms in total. The van der Waals surface area contributed by atoms with Crippen molar-refractivity contribution in [2.24, 2.45) is 14.1 Å². The summed E-state index contributed by atoms with van der Waals surface area (Å²) in [6.45, 7) is 5.08. The molecule has 22 heavy (non-hydrogen) atoms. The molecule has 0 spiro atoms. The van der Waals surface area contributed by atoms with Gasteiger partial charge >= 0.3 is 5.69 Å². The highest BCUT2D eigenvalue weighted by molar-refractivity contribution is 6.01. The van der Waals surface area contributed by atoms with E-state index in [1.807, 2.05) is 18.7 Å². The van der Waals surface area contributed by atoms with Gasteiger partial charge in [0.15, 0.2) is 5.78 Å². The molecule has 0 aliphatic carbocycles. The van der Waals surface area contributed by atoms with Crippen LogP contribution in [-0.4, -0.2) is 51.7 Å². The summed E-state index contributed by atoms with van der Waals surface area (Å²) in [7, 11) is 2.77. The van der Waals surface area contributed by atoms with Crippen molar-refractivity contribution < 1.29 is 9.53 Å². The van der Waals surface area contributed by atoms with Gasteiger partial charge in [0.05, 0.1) is 19.8 Å². The topological polar surface area (TPSA) is 99.6 Å². The van der Waals surface area contributed by atoms with E-state index in [0.29, 0.717) is 13.2 Å². The summed E-state index contributed by atoms with van der Waals surface area (Å²) in [5.74, 6) is -0.471. The number of morpholine rings is 1. The number of nitrogens with two attached hydrogens (primary N) is 1. The first-order valence-electron chi connectivity index (χ1n) is 7.17. The molecule has 122 valence electrons. The molecule has 2 rings (SSSR count). The van der Waals surface area contributed by atoms with Crippen LogP contribution in [0.4, 0.5) is 5.82 Å². The summed E-state index contributed by atoms with van der Waals surface area (Å²) < 4.78 is 7.43. The van der Waals surface area contributed by atoms with Crippen molar-refractivity contribution in [2.75, 3.05) is 25.5 Å². The second kappa shape index (κ2) is 6.05. The first kappa shape index (κ1) is 16.4. The predicted molar refractivity (Wildman–Crippen MR) is 82.1 cm³/mol. The van der Waals surface area contributed by atoms with Crippen LogP contribution in [0.2, 0.25) is 0 Å². The highest BCUT2D eigenvalue weighted by Gasteiger charge is 2.29. The fourth-order valence-corrected chi connectivity index (χ4v) is 2.71. The van der Waals surface area contributed by atoms with Gasteiger partial charge in [-0.1, -0.05) is 0 Å². The van der Waals surface area contributed by atoms with E-state index in [2.05, 4.69) is 0 Å². The predicted octanol–water partition coefficient (Wildman–Crippen LogP) is -1.04. The molecule has 2 N–H and O–H groups in total. The van der Waals surface area contributed by atoms with Gasteiger partial charge in [-0.15, -0.1) is 0 Å². The molecule has 1 aliphatic rings. The van der Waals surface area contributed by atoms with Crippen molar-refractivity contribution in [1.29, 1.82) is 0 Å². The standard InChI is InChI=1S/C14H22N4O4/c1-8-6-22-7-9(2)18(8)5-10(19)11-12(15)16(3)14(21)17(4)13(11)20/h8-9H,5-7,15H2,1-4H3/t8-,9+. The minimum absolute atomic E-state index is 0.0728. The van der Waals surface area contributed by atoms with Crippen molar-refractivity contribution in [3.63, 3.8) is 0 Å². The minimum Gasteiger partial charge on any atom is -0.384 e. The van der Waals surface area contributed by atoms with Crippen LogP contribution >= 0.6 is 0 Å². The van der Waals surface area contributed by atoms with Crippen LogP contribution in [0.1, 0.15) is 24.2 Å². The minimum atomic E-state index is -0.654. The fourth-order valence-electron chi connectivity index (χ4n) is 2.71. The summed E-state index contributed by atoms with van der Waals surface area (Å²) in [5, 5.41) is 0. The van der Waals surface area contributed by atoms with Crippen molar-refractivity contribution >= 4 is 11.6 Å². The number of rotatable bonds is 3. The Morgan fingerprint density at radius 3 is 2.27 bits per heavy atom. The van der Waals surface area contributed by atoms with E-state index < -0.39 is 11.2 Å². The molecular formula is C14H22N4O4. The maximum Gasteiger partial charge on any atom is 0.332 e. The Morgan fingerprint density at radius 1 is 1.18 bits per heavy atom. The number of nitrogen functional groups attached to an aromatic ring is 1. The molecule has 1 aromatic rings. The number of nitrogens with zero attached hydrogens (tertiary/aromatic N) is 3. The van der Waals surface area contributed by atoms with Crippen molar-refractivity contribution in [3.8, 4) is 0 Å². The number of ether oxygens (including phenoxy) is 1. The Bertz CT molecular complexity index is 696. The van der Waals surface area contributed by atoms with E-state index in [4.69, 9.17) is 10.5 Å². The quantitative estimate of drug-likeness (QED) is 0.716. The molecule has 1 saturated heterocycles. The Hall–Kier alpha value is -1.93. The van der Waals surface area contributed by atoms with E-state index in [1.165, 1.54) is 14.1 Å². The number of ketones is 1. The fraction of sp³-hybridized carbons (Fsp3) is 0.643. The number of Topliss-reactive ketones (excluding diaryl/α,β-unsaturated/α-hetero) is 1. The van der Waals surface area contributed by atoms with Gasteiger partial charge in [0.25, 0.3) is 5.56 Å². The first-order valence-corrected chi connectivity index (χ1v) is 7.17.